The molecule has 0 rings (SSSR count). The van der Waals surface area contributed by atoms with Crippen molar-refractivity contribution in [3.63, 3.8) is 0 Å². The fourth-order valence-electron chi connectivity index (χ4n) is 0. The Bertz CT molecular complexity index is 9.65. The van der Waals surface area contributed by atoms with E-state index in [2.05, 4.69) is 0 Å². The van der Waals surface area contributed by atoms with Gasteiger partial charge < -0.3 is 21.9 Å². The molecule has 0 N–H and O–H groups in total. The molecule has 0 amide bonds. The molecule has 7 heteroatoms. The van der Waals surface area contributed by atoms with Gasteiger partial charge in [0, 0.05) is 0 Å². The number of rotatable bonds is 0. The summed E-state index contributed by atoms with van der Waals surface area (Å²) in [4.78, 5) is 0. The zero-order valence-corrected chi connectivity index (χ0v) is 10.8. The Kier molecular flexibility index (Phi) is 746. The summed E-state index contributed by atoms with van der Waals surface area (Å²) in [5, 5.41) is 0. The third kappa shape index (κ3) is 47.0. The molecule has 0 spiro atoms. The molecule has 0 aliphatic heterocycles. The fourth-order valence-corrected chi connectivity index (χ4v) is 0. The number of hydrogen-bond acceptors (Lipinski definition) is 0. The second-order valence-corrected chi connectivity index (χ2v) is 0. The quantitative estimate of drug-likeness (QED) is 0.467. The maximum atomic E-state index is 0. The minimum atomic E-state index is 0. The van der Waals surface area contributed by atoms with Crippen molar-refractivity contribution >= 4 is 99.4 Å². The van der Waals surface area contributed by atoms with Gasteiger partial charge in [0.1, 0.15) is 0 Å². The van der Waals surface area contributed by atoms with Crippen molar-refractivity contribution in [1.29, 1.82) is 0 Å². The Morgan fingerprint density at radius 2 is 0.429 bits per heavy atom. The Morgan fingerprint density at radius 1 is 0.429 bits per heavy atom. The van der Waals surface area contributed by atoms with Crippen LogP contribution in [0.5, 0.6) is 0 Å². The Balaban J connectivity index is 0. The van der Waals surface area contributed by atoms with E-state index < -0.39 is 0 Å². The van der Waals surface area contributed by atoms with Crippen LogP contribution in [0.2, 0.25) is 0 Å². The first-order valence-corrected chi connectivity index (χ1v) is 0. The van der Waals surface area contributed by atoms with Crippen LogP contribution in [0.4, 0.5) is 0 Å². The van der Waals surface area contributed by atoms with Gasteiger partial charge in [-0.1, -0.05) is 0 Å². The fraction of sp³-hybridized carbons (Fsp3) is 0. The summed E-state index contributed by atoms with van der Waals surface area (Å²) in [5.41, 5.74) is 0. The van der Waals surface area contributed by atoms with Crippen molar-refractivity contribution in [2.75, 3.05) is 0 Å². The van der Waals surface area contributed by atoms with Crippen LogP contribution in [0.3, 0.4) is 0 Å². The van der Waals surface area contributed by atoms with E-state index in [4.69, 9.17) is 0 Å². The van der Waals surface area contributed by atoms with Gasteiger partial charge in [-0.05, 0) is 0 Å². The summed E-state index contributed by atoms with van der Waals surface area (Å²) >= 11 is 0. The standard InChI is InChI=1S/2Ca.4O.Sn/q2*+2;4*-2;+4. The summed E-state index contributed by atoms with van der Waals surface area (Å²) in [7, 11) is 0. The minimum absolute atomic E-state index is 0. The predicted molar refractivity (Wildman–Crippen MR) is 20.0 cm³/mol. The normalized spacial score (nSPS) is 0. The molecule has 0 radical (unpaired) electrons. The van der Waals surface area contributed by atoms with E-state index in [1.807, 2.05) is 0 Å². The van der Waals surface area contributed by atoms with Crippen LogP contribution in [0.25, 0.3) is 0 Å². The van der Waals surface area contributed by atoms with E-state index in [-0.39, 0.29) is 121 Å². The molecule has 0 aromatic carbocycles. The molecule has 0 unspecified atom stereocenters. The zero-order chi connectivity index (χ0) is 0. The minimum Gasteiger partial charge on any atom is -2.00 e. The van der Waals surface area contributed by atoms with Crippen LogP contribution in [0, 0.1) is 0 Å². The van der Waals surface area contributed by atoms with E-state index in [1.54, 1.807) is 0 Å². The third-order valence-electron chi connectivity index (χ3n) is 0. The van der Waals surface area contributed by atoms with Gasteiger partial charge in [0.2, 0.25) is 0 Å². The van der Waals surface area contributed by atoms with Gasteiger partial charge in [-0.3, -0.25) is 0 Å². The van der Waals surface area contributed by atoms with Crippen LogP contribution in [0.15, 0.2) is 0 Å². The second kappa shape index (κ2) is 61.1. The van der Waals surface area contributed by atoms with Gasteiger partial charge in [-0.25, -0.2) is 0 Å². The maximum Gasteiger partial charge on any atom is 4.00 e. The van der Waals surface area contributed by atoms with Crippen LogP contribution in [0.1, 0.15) is 0 Å². The Hall–Kier alpha value is 3.16. The molecule has 4 nitrogen and oxygen atoms in total. The van der Waals surface area contributed by atoms with Crippen molar-refractivity contribution in [2.45, 2.75) is 0 Å². The van der Waals surface area contributed by atoms with Gasteiger partial charge >= 0.3 is 99.4 Å². The Morgan fingerprint density at radius 3 is 0.429 bits per heavy atom. The molecule has 0 fully saturated rings. The van der Waals surface area contributed by atoms with Gasteiger partial charge in [0.15, 0.2) is 0 Å². The molecule has 32 valence electrons. The van der Waals surface area contributed by atoms with Gasteiger partial charge in [0.05, 0.1) is 0 Å². The summed E-state index contributed by atoms with van der Waals surface area (Å²) in [5.74, 6) is 0. The molecule has 0 saturated heterocycles. The molecule has 0 saturated carbocycles. The van der Waals surface area contributed by atoms with Crippen LogP contribution in [-0.4, -0.2) is 99.4 Å². The van der Waals surface area contributed by atoms with Gasteiger partial charge in [0.25, 0.3) is 0 Å². The average Bonchev–Trinajstić information content (AvgIpc) is 0. The van der Waals surface area contributed by atoms with E-state index in [0.717, 1.165) is 0 Å². The van der Waals surface area contributed by atoms with E-state index in [9.17, 15) is 0 Å². The molecule has 0 aromatic heterocycles. The van der Waals surface area contributed by atoms with Crippen LogP contribution in [-0.2, 0) is 21.9 Å². The summed E-state index contributed by atoms with van der Waals surface area (Å²) in [6.07, 6.45) is 0. The molecule has 0 bridgehead atoms. The largest absolute Gasteiger partial charge is 4.00 e. The first-order valence-electron chi connectivity index (χ1n) is 0. The van der Waals surface area contributed by atoms with E-state index in [1.165, 1.54) is 0 Å². The topological polar surface area (TPSA) is 114 Å². The van der Waals surface area contributed by atoms with Crippen molar-refractivity contribution in [1.82, 2.24) is 0 Å². The molecule has 7 heavy (non-hydrogen) atoms. The summed E-state index contributed by atoms with van der Waals surface area (Å²) < 4.78 is 0. The number of hydrogen-bond donors (Lipinski definition) is 0. The Labute approximate surface area is 119 Å². The molecule has 0 aliphatic carbocycles. The summed E-state index contributed by atoms with van der Waals surface area (Å²) in [6, 6.07) is 0. The monoisotopic (exact) mass is 264 g/mol. The zero-order valence-electron chi connectivity index (χ0n) is 3.55. The first-order chi connectivity index (χ1) is 0. The van der Waals surface area contributed by atoms with Crippen molar-refractivity contribution in [2.24, 2.45) is 0 Å². The van der Waals surface area contributed by atoms with Crippen molar-refractivity contribution < 1.29 is 21.9 Å². The van der Waals surface area contributed by atoms with Gasteiger partial charge in [-0.15, -0.1) is 0 Å². The molecule has 0 heterocycles. The van der Waals surface area contributed by atoms with Crippen molar-refractivity contribution in [3.8, 4) is 0 Å². The maximum absolute atomic E-state index is 0. The first kappa shape index (κ1) is 85.4. The third-order valence-corrected chi connectivity index (χ3v) is 0. The molecular formula is Ca2O4Sn. The van der Waals surface area contributed by atoms with E-state index in [0.29, 0.717) is 0 Å². The van der Waals surface area contributed by atoms with E-state index >= 15 is 0 Å². The van der Waals surface area contributed by atoms with Crippen molar-refractivity contribution in [3.05, 3.63) is 0 Å². The molecule has 0 aliphatic rings. The predicted octanol–water partition coefficient (Wildman–Crippen LogP) is -1.62. The molecule has 0 aromatic rings. The molecular weight excluding hydrogens is 263 g/mol. The van der Waals surface area contributed by atoms with Crippen LogP contribution < -0.4 is 0 Å². The van der Waals surface area contributed by atoms with Crippen LogP contribution >= 0.6 is 0 Å². The summed E-state index contributed by atoms with van der Waals surface area (Å²) in [6.45, 7) is 0. The average molecular weight is 263 g/mol. The molecule has 0 atom stereocenters. The second-order valence-electron chi connectivity index (χ2n) is 0. The SMILES string of the molecule is [Ca+2].[Ca+2].[O-2].[O-2].[O-2].[O-2].[Sn+4]. The van der Waals surface area contributed by atoms with Gasteiger partial charge in [-0.2, -0.15) is 0 Å². The smallest absolute Gasteiger partial charge is 2.00 e.